The summed E-state index contributed by atoms with van der Waals surface area (Å²) >= 11 is 0. The normalized spacial score (nSPS) is 15.4. The van der Waals surface area contributed by atoms with Gasteiger partial charge in [-0.1, -0.05) is 30.7 Å². The van der Waals surface area contributed by atoms with Gasteiger partial charge in [-0.25, -0.2) is 8.42 Å². The Morgan fingerprint density at radius 3 is 2.21 bits per heavy atom. The number of rotatable bonds is 7. The van der Waals surface area contributed by atoms with Crippen molar-refractivity contribution < 1.29 is 22.0 Å². The van der Waals surface area contributed by atoms with Crippen LogP contribution >= 0.6 is 0 Å². The molecule has 0 aliphatic carbocycles. The highest BCUT2D eigenvalue weighted by Gasteiger charge is 2.26. The first-order valence-corrected chi connectivity index (χ1v) is 11.1. The zero-order chi connectivity index (χ0) is 20.9. The average molecular weight is 422 g/mol. The number of hydrogen-bond acceptors (Lipinski definition) is 4. The van der Waals surface area contributed by atoms with Crippen LogP contribution in [-0.2, 0) is 22.9 Å². The largest absolute Gasteiger partial charge is 0.348 e. The summed E-state index contributed by atoms with van der Waals surface area (Å²) in [6, 6.07) is 12.5. The van der Waals surface area contributed by atoms with Crippen LogP contribution in [0.2, 0.25) is 0 Å². The molecule has 1 aliphatic heterocycles. The Bertz CT molecular complexity index is 941. The van der Waals surface area contributed by atoms with Crippen molar-refractivity contribution in [1.82, 2.24) is 10.2 Å². The van der Waals surface area contributed by atoms with Gasteiger partial charge in [-0.05, 0) is 61.3 Å². The number of nitrogens with zero attached hydrogens (tertiary/aromatic N) is 1. The van der Waals surface area contributed by atoms with E-state index in [0.29, 0.717) is 6.54 Å². The third-order valence-electron chi connectivity index (χ3n) is 5.08. The summed E-state index contributed by atoms with van der Waals surface area (Å²) in [4.78, 5) is 14.3. The quantitative estimate of drug-likeness (QED) is 0.741. The molecule has 1 aliphatic rings. The Balaban J connectivity index is 1.63. The lowest BCUT2D eigenvalue weighted by Crippen LogP contribution is -2.30. The molecule has 156 valence electrons. The molecule has 1 fully saturated rings. The van der Waals surface area contributed by atoms with Gasteiger partial charge in [0.05, 0.1) is 4.90 Å². The molecule has 0 spiro atoms. The number of halogens is 2. The fraction of sp³-hybridized carbons (Fsp3) is 0.381. The molecule has 0 atom stereocenters. The van der Waals surface area contributed by atoms with Gasteiger partial charge in [-0.3, -0.25) is 9.69 Å². The van der Waals surface area contributed by atoms with Crippen molar-refractivity contribution in [2.24, 2.45) is 0 Å². The molecule has 0 radical (unpaired) electrons. The van der Waals surface area contributed by atoms with E-state index < -0.39 is 26.4 Å². The second kappa shape index (κ2) is 9.45. The molecular formula is C21H24F2N2O3S. The van der Waals surface area contributed by atoms with E-state index in [1.54, 1.807) is 0 Å². The Hall–Kier alpha value is -2.32. The predicted octanol–water partition coefficient (Wildman–Crippen LogP) is 3.60. The van der Waals surface area contributed by atoms with Crippen molar-refractivity contribution in [2.75, 3.05) is 13.1 Å². The minimum atomic E-state index is -4.66. The van der Waals surface area contributed by atoms with E-state index in [4.69, 9.17) is 0 Å². The van der Waals surface area contributed by atoms with E-state index in [2.05, 4.69) is 16.3 Å². The molecule has 29 heavy (non-hydrogen) atoms. The number of nitrogens with one attached hydrogen (secondary N) is 1. The second-order valence-electron chi connectivity index (χ2n) is 7.12. The number of benzene rings is 2. The maximum absolute atomic E-state index is 12.6. The van der Waals surface area contributed by atoms with Crippen LogP contribution in [0.4, 0.5) is 8.78 Å². The van der Waals surface area contributed by atoms with Gasteiger partial charge in [-0.15, -0.1) is 0 Å². The second-order valence-corrected chi connectivity index (χ2v) is 9.04. The molecule has 2 aromatic rings. The van der Waals surface area contributed by atoms with Crippen LogP contribution in [0.3, 0.4) is 0 Å². The molecular weight excluding hydrogens is 398 g/mol. The summed E-state index contributed by atoms with van der Waals surface area (Å²) in [5.41, 5.74) is 2.39. The maximum atomic E-state index is 12.6. The lowest BCUT2D eigenvalue weighted by atomic mass is 10.0. The molecule has 1 saturated heterocycles. The smallest absolute Gasteiger partial charge is 0.341 e. The van der Waals surface area contributed by atoms with Crippen LogP contribution in [0.25, 0.3) is 0 Å². The molecule has 0 aromatic heterocycles. The van der Waals surface area contributed by atoms with Crippen LogP contribution in [0.5, 0.6) is 0 Å². The predicted molar refractivity (Wildman–Crippen MR) is 106 cm³/mol. The van der Waals surface area contributed by atoms with Crippen LogP contribution in [-0.4, -0.2) is 38.1 Å². The third-order valence-corrected chi connectivity index (χ3v) is 6.48. The number of carbonyl (C=O) groups excluding carboxylic acids is 1. The number of amides is 1. The van der Waals surface area contributed by atoms with Crippen LogP contribution in [0.1, 0.15) is 40.7 Å². The number of carbonyl (C=O) groups is 1. The van der Waals surface area contributed by atoms with Crippen LogP contribution in [0.15, 0.2) is 53.4 Å². The zero-order valence-electron chi connectivity index (χ0n) is 16.0. The van der Waals surface area contributed by atoms with E-state index in [1.807, 2.05) is 18.2 Å². The first-order chi connectivity index (χ1) is 13.9. The van der Waals surface area contributed by atoms with E-state index in [9.17, 15) is 22.0 Å². The molecule has 2 aromatic carbocycles. The summed E-state index contributed by atoms with van der Waals surface area (Å²) in [5.74, 6) is -3.88. The van der Waals surface area contributed by atoms with Gasteiger partial charge in [0, 0.05) is 18.7 Å². The van der Waals surface area contributed by atoms with Crippen molar-refractivity contribution in [3.05, 3.63) is 65.2 Å². The first-order valence-electron chi connectivity index (χ1n) is 9.57. The zero-order valence-corrected chi connectivity index (χ0v) is 16.8. The van der Waals surface area contributed by atoms with Crippen molar-refractivity contribution in [3.8, 4) is 0 Å². The highest BCUT2D eigenvalue weighted by molar-refractivity contribution is 7.91. The van der Waals surface area contributed by atoms with Gasteiger partial charge in [0.15, 0.2) is 0 Å². The molecule has 8 heteroatoms. The number of piperidine rings is 1. The minimum absolute atomic E-state index is 0.215. The summed E-state index contributed by atoms with van der Waals surface area (Å²) in [6.45, 7) is 3.33. The average Bonchev–Trinajstić information content (AvgIpc) is 2.73. The summed E-state index contributed by atoms with van der Waals surface area (Å²) in [7, 11) is -4.66. The summed E-state index contributed by atoms with van der Waals surface area (Å²) < 4.78 is 48.1. The Kier molecular flexibility index (Phi) is 6.97. The molecule has 1 amide bonds. The lowest BCUT2D eigenvalue weighted by Gasteiger charge is -2.27. The van der Waals surface area contributed by atoms with Crippen molar-refractivity contribution in [3.63, 3.8) is 0 Å². The Morgan fingerprint density at radius 2 is 1.59 bits per heavy atom. The van der Waals surface area contributed by atoms with Crippen LogP contribution < -0.4 is 5.32 Å². The van der Waals surface area contributed by atoms with Gasteiger partial charge in [0.1, 0.15) is 0 Å². The topological polar surface area (TPSA) is 66.5 Å². The van der Waals surface area contributed by atoms with Gasteiger partial charge < -0.3 is 5.32 Å². The number of likely N-dealkylation sites (tertiary alicyclic amines) is 1. The van der Waals surface area contributed by atoms with Gasteiger partial charge in [0.2, 0.25) is 9.84 Å². The van der Waals surface area contributed by atoms with Crippen molar-refractivity contribution >= 4 is 15.7 Å². The standard InChI is InChI=1S/C21H24F2N2O3S/c22-21(23)29(27,28)19-10-8-16(9-11-19)20(26)24-14-17-6-2-3-7-18(17)15-25-12-4-1-5-13-25/h2-3,6-11,21H,1,4-5,12-15H2,(H,24,26). The van der Waals surface area contributed by atoms with E-state index in [1.165, 1.54) is 31.4 Å². The number of alkyl halides is 2. The molecule has 0 unspecified atom stereocenters. The van der Waals surface area contributed by atoms with Gasteiger partial charge >= 0.3 is 5.76 Å². The fourth-order valence-electron chi connectivity index (χ4n) is 3.42. The monoisotopic (exact) mass is 422 g/mol. The molecule has 1 N–H and O–H groups in total. The van der Waals surface area contributed by atoms with E-state index in [0.717, 1.165) is 42.9 Å². The molecule has 1 heterocycles. The molecule has 0 bridgehead atoms. The fourth-order valence-corrected chi connectivity index (χ4v) is 4.14. The number of sulfone groups is 1. The van der Waals surface area contributed by atoms with Crippen molar-refractivity contribution in [1.29, 1.82) is 0 Å². The minimum Gasteiger partial charge on any atom is -0.348 e. The van der Waals surface area contributed by atoms with Crippen LogP contribution in [0, 0.1) is 0 Å². The summed E-state index contributed by atoms with van der Waals surface area (Å²) in [5, 5.41) is 2.82. The van der Waals surface area contributed by atoms with E-state index >= 15 is 0 Å². The lowest BCUT2D eigenvalue weighted by molar-refractivity contribution is 0.0950. The third kappa shape index (κ3) is 5.39. The summed E-state index contributed by atoms with van der Waals surface area (Å²) in [6.07, 6.45) is 3.68. The Labute approximate surface area is 169 Å². The van der Waals surface area contributed by atoms with Gasteiger partial charge in [-0.2, -0.15) is 8.78 Å². The molecule has 0 saturated carbocycles. The maximum Gasteiger partial charge on any atom is 0.341 e. The molecule has 3 rings (SSSR count). The van der Waals surface area contributed by atoms with E-state index in [-0.39, 0.29) is 5.56 Å². The highest BCUT2D eigenvalue weighted by atomic mass is 32.2. The SMILES string of the molecule is O=C(NCc1ccccc1CN1CCCCC1)c1ccc(S(=O)(=O)C(F)F)cc1. The Morgan fingerprint density at radius 1 is 0.966 bits per heavy atom. The van der Waals surface area contributed by atoms with Crippen molar-refractivity contribution in [2.45, 2.75) is 43.0 Å². The van der Waals surface area contributed by atoms with Gasteiger partial charge in [0.25, 0.3) is 5.91 Å². The first kappa shape index (κ1) is 21.4. The highest BCUT2D eigenvalue weighted by Crippen LogP contribution is 2.19. The molecule has 5 nitrogen and oxygen atoms in total. The number of hydrogen-bond donors (Lipinski definition) is 1.